The van der Waals surface area contributed by atoms with Crippen molar-refractivity contribution in [2.24, 2.45) is 5.73 Å². The molecule has 110 valence electrons. The second-order valence-corrected chi connectivity index (χ2v) is 3.96. The van der Waals surface area contributed by atoms with E-state index < -0.39 is 0 Å². The van der Waals surface area contributed by atoms with E-state index in [0.29, 0.717) is 5.69 Å². The molecular formula is C15H27CsN2O2. The van der Waals surface area contributed by atoms with Crippen molar-refractivity contribution in [2.75, 3.05) is 11.9 Å². The predicted molar refractivity (Wildman–Crippen MR) is 81.7 cm³/mol. The van der Waals surface area contributed by atoms with Crippen LogP contribution in [0, 0.1) is 7.43 Å². The van der Waals surface area contributed by atoms with Crippen LogP contribution in [0.1, 0.15) is 38.7 Å². The molecule has 0 saturated heterocycles. The minimum atomic E-state index is -0.225. The SMILES string of the molecule is CCCCC.NCC(=O)Nc1ccc(CO)cc1.[CH3-].[Cs+]. The summed E-state index contributed by atoms with van der Waals surface area (Å²) in [6.45, 7) is 4.40. The number of carbonyl (C=O) groups is 1. The van der Waals surface area contributed by atoms with Crippen LogP contribution < -0.4 is 79.9 Å². The number of benzene rings is 1. The van der Waals surface area contributed by atoms with Gasteiger partial charge >= 0.3 is 68.9 Å². The van der Waals surface area contributed by atoms with Gasteiger partial charge in [0.05, 0.1) is 13.2 Å². The fraction of sp³-hybridized carbons (Fsp3) is 0.467. The van der Waals surface area contributed by atoms with Crippen LogP contribution in [-0.4, -0.2) is 17.6 Å². The number of anilines is 1. The van der Waals surface area contributed by atoms with Crippen molar-refractivity contribution in [3.8, 4) is 0 Å². The summed E-state index contributed by atoms with van der Waals surface area (Å²) in [5, 5.41) is 11.3. The number of carbonyl (C=O) groups excluding carboxylic acids is 1. The first kappa shape index (κ1) is 25.6. The van der Waals surface area contributed by atoms with Gasteiger partial charge < -0.3 is 23.6 Å². The van der Waals surface area contributed by atoms with Crippen molar-refractivity contribution >= 4 is 11.6 Å². The molecule has 0 radical (unpaired) electrons. The van der Waals surface area contributed by atoms with Crippen molar-refractivity contribution in [1.82, 2.24) is 0 Å². The van der Waals surface area contributed by atoms with Crippen LogP contribution in [-0.2, 0) is 11.4 Å². The zero-order valence-electron chi connectivity index (χ0n) is 13.3. The summed E-state index contributed by atoms with van der Waals surface area (Å²) in [6.07, 6.45) is 4.08. The van der Waals surface area contributed by atoms with Gasteiger partial charge in [0.25, 0.3) is 0 Å². The average molecular weight is 400 g/mol. The Hall–Kier alpha value is 0.662. The first-order valence-electron chi connectivity index (χ1n) is 6.37. The van der Waals surface area contributed by atoms with E-state index in [-0.39, 0.29) is 95.4 Å². The molecule has 0 saturated carbocycles. The van der Waals surface area contributed by atoms with E-state index in [1.54, 1.807) is 24.3 Å². The van der Waals surface area contributed by atoms with Gasteiger partial charge in [0.2, 0.25) is 5.91 Å². The standard InChI is InChI=1S/C9H12N2O2.C5H12.CH3.Cs/c10-5-9(13)11-8-3-1-7(6-12)2-4-8;1-3-5-4-2;;/h1-4,12H,5-6,10H2,(H,11,13);3-5H2,1-2H3;1H3;/q;;-1;+1. The maximum absolute atomic E-state index is 10.9. The van der Waals surface area contributed by atoms with E-state index in [0.717, 1.165) is 5.56 Å². The molecule has 1 amide bonds. The zero-order chi connectivity index (χ0) is 13.8. The van der Waals surface area contributed by atoms with E-state index >= 15 is 0 Å². The van der Waals surface area contributed by atoms with Gasteiger partial charge in [-0.3, -0.25) is 4.79 Å². The van der Waals surface area contributed by atoms with Crippen molar-refractivity contribution < 1.29 is 78.8 Å². The number of hydrogen-bond acceptors (Lipinski definition) is 3. The van der Waals surface area contributed by atoms with E-state index in [1.165, 1.54) is 19.3 Å². The molecular weight excluding hydrogens is 373 g/mol. The minimum Gasteiger partial charge on any atom is -0.392 e. The molecule has 4 N–H and O–H groups in total. The van der Waals surface area contributed by atoms with E-state index in [1.807, 2.05) is 0 Å². The summed E-state index contributed by atoms with van der Waals surface area (Å²) >= 11 is 0. The molecule has 0 spiro atoms. The van der Waals surface area contributed by atoms with Crippen molar-refractivity contribution in [1.29, 1.82) is 0 Å². The van der Waals surface area contributed by atoms with Crippen LogP contribution in [0.4, 0.5) is 5.69 Å². The molecule has 0 atom stereocenters. The van der Waals surface area contributed by atoms with Gasteiger partial charge in [-0.15, -0.1) is 0 Å². The smallest absolute Gasteiger partial charge is 0.392 e. The monoisotopic (exact) mass is 400 g/mol. The summed E-state index contributed by atoms with van der Waals surface area (Å²) in [4.78, 5) is 10.9. The summed E-state index contributed by atoms with van der Waals surface area (Å²) < 4.78 is 0. The molecule has 0 bridgehead atoms. The maximum Gasteiger partial charge on any atom is 1.00 e. The Bertz CT molecular complexity index is 327. The van der Waals surface area contributed by atoms with Gasteiger partial charge in [-0.2, -0.15) is 0 Å². The van der Waals surface area contributed by atoms with E-state index in [2.05, 4.69) is 19.2 Å². The van der Waals surface area contributed by atoms with E-state index in [9.17, 15) is 4.79 Å². The molecule has 1 aromatic rings. The molecule has 4 nitrogen and oxygen atoms in total. The van der Waals surface area contributed by atoms with Gasteiger partial charge in [-0.25, -0.2) is 0 Å². The van der Waals surface area contributed by atoms with Gasteiger partial charge in [-0.1, -0.05) is 45.2 Å². The quantitative estimate of drug-likeness (QED) is 0.596. The van der Waals surface area contributed by atoms with Crippen LogP contribution in [0.15, 0.2) is 24.3 Å². The molecule has 0 unspecified atom stereocenters. The molecule has 0 aliphatic heterocycles. The Morgan fingerprint density at radius 1 is 1.20 bits per heavy atom. The molecule has 20 heavy (non-hydrogen) atoms. The molecule has 0 aliphatic rings. The predicted octanol–water partition coefficient (Wildman–Crippen LogP) is -0.273. The maximum atomic E-state index is 10.9. The summed E-state index contributed by atoms with van der Waals surface area (Å²) in [6, 6.07) is 6.93. The fourth-order valence-electron chi connectivity index (χ4n) is 1.26. The van der Waals surface area contributed by atoms with Crippen LogP contribution in [0.5, 0.6) is 0 Å². The first-order valence-corrected chi connectivity index (χ1v) is 6.37. The van der Waals surface area contributed by atoms with Crippen LogP contribution in [0.2, 0.25) is 0 Å². The van der Waals surface area contributed by atoms with E-state index in [4.69, 9.17) is 10.8 Å². The molecule has 0 aromatic heterocycles. The number of nitrogens with one attached hydrogen (secondary N) is 1. The molecule has 0 heterocycles. The van der Waals surface area contributed by atoms with Gasteiger partial charge in [0, 0.05) is 5.69 Å². The molecule has 1 aromatic carbocycles. The fourth-order valence-corrected chi connectivity index (χ4v) is 1.26. The minimum absolute atomic E-state index is 0. The third kappa shape index (κ3) is 13.6. The molecule has 1 rings (SSSR count). The van der Waals surface area contributed by atoms with Gasteiger partial charge in [0.1, 0.15) is 0 Å². The number of hydrogen-bond donors (Lipinski definition) is 3. The Morgan fingerprint density at radius 3 is 2.00 bits per heavy atom. The number of nitrogens with two attached hydrogens (primary N) is 1. The summed E-state index contributed by atoms with van der Waals surface area (Å²) in [5.41, 5.74) is 6.62. The second kappa shape index (κ2) is 17.7. The summed E-state index contributed by atoms with van der Waals surface area (Å²) in [7, 11) is 0. The first-order chi connectivity index (χ1) is 8.67. The third-order valence-electron chi connectivity index (χ3n) is 2.31. The second-order valence-electron chi connectivity index (χ2n) is 3.96. The van der Waals surface area contributed by atoms with Crippen LogP contribution in [0.25, 0.3) is 0 Å². The number of unbranched alkanes of at least 4 members (excludes halogenated alkanes) is 2. The Morgan fingerprint density at radius 2 is 1.70 bits per heavy atom. The topological polar surface area (TPSA) is 75.4 Å². The molecule has 0 fully saturated rings. The Labute approximate surface area is 182 Å². The average Bonchev–Trinajstić information content (AvgIpc) is 2.41. The van der Waals surface area contributed by atoms with Crippen LogP contribution in [0.3, 0.4) is 0 Å². The molecule has 5 heteroatoms. The van der Waals surface area contributed by atoms with Gasteiger partial charge in [0.15, 0.2) is 0 Å². The van der Waals surface area contributed by atoms with Crippen LogP contribution >= 0.6 is 0 Å². The normalized spacial score (nSPS) is 8.40. The zero-order valence-corrected chi connectivity index (χ0v) is 19.6. The van der Waals surface area contributed by atoms with Crippen molar-refractivity contribution in [3.05, 3.63) is 37.3 Å². The largest absolute Gasteiger partial charge is 1.00 e. The number of amides is 1. The Balaban J connectivity index is -0.000000361. The van der Waals surface area contributed by atoms with Crippen molar-refractivity contribution in [2.45, 2.75) is 39.7 Å². The number of aliphatic hydroxyl groups excluding tert-OH is 1. The summed E-state index contributed by atoms with van der Waals surface area (Å²) in [5.74, 6) is -0.225. The number of rotatable bonds is 5. The Kier molecular flexibility index (Phi) is 22.7. The van der Waals surface area contributed by atoms with Crippen molar-refractivity contribution in [3.63, 3.8) is 0 Å². The van der Waals surface area contributed by atoms with Gasteiger partial charge in [-0.05, 0) is 17.7 Å². The number of aliphatic hydroxyl groups is 1. The molecule has 0 aliphatic carbocycles. The third-order valence-corrected chi connectivity index (χ3v) is 2.31.